The van der Waals surface area contributed by atoms with Gasteiger partial charge in [0.25, 0.3) is 0 Å². The normalized spacial score (nSPS) is 25.3. The first-order valence-electron chi connectivity index (χ1n) is 5.63. The quantitative estimate of drug-likeness (QED) is 0.594. The van der Waals surface area contributed by atoms with Crippen molar-refractivity contribution in [2.45, 2.75) is 43.5 Å². The second-order valence-electron chi connectivity index (χ2n) is 3.97. The molecule has 3 heteroatoms. The largest absolute Gasteiger partial charge is 0.402 e. The molecule has 0 aromatic heterocycles. The summed E-state index contributed by atoms with van der Waals surface area (Å²) >= 11 is 3.58. The predicted molar refractivity (Wildman–Crippen MR) is 67.8 cm³/mol. The van der Waals surface area contributed by atoms with Crippen LogP contribution in [0.5, 0.6) is 0 Å². The van der Waals surface area contributed by atoms with E-state index in [2.05, 4.69) is 22.9 Å². The van der Waals surface area contributed by atoms with Crippen LogP contribution in [0, 0.1) is 0 Å². The molecule has 0 saturated heterocycles. The Balaban J connectivity index is 2.20. The molecule has 0 amide bonds. The molecule has 86 valence electrons. The van der Waals surface area contributed by atoms with Crippen LogP contribution in [-0.4, -0.2) is 11.1 Å². The van der Waals surface area contributed by atoms with E-state index in [-0.39, 0.29) is 4.51 Å². The minimum absolute atomic E-state index is 0.363. The third-order valence-electron chi connectivity index (χ3n) is 2.44. The molecule has 1 aliphatic rings. The summed E-state index contributed by atoms with van der Waals surface area (Å²) in [6, 6.07) is 0. The maximum absolute atomic E-state index is 5.80. The van der Waals surface area contributed by atoms with E-state index >= 15 is 0 Å². The number of allylic oxidation sites excluding steroid dienone is 2. The standard InChI is InChI=1S/C12H20BrNO/c1-2-3-4-5-9-15-12(13)8-6-7-11(14)10-12/h6-8H,2-5,9-10,14H2,1H3. The first-order valence-corrected chi connectivity index (χ1v) is 6.42. The van der Waals surface area contributed by atoms with Gasteiger partial charge in [-0.3, -0.25) is 0 Å². The van der Waals surface area contributed by atoms with Crippen LogP contribution in [0.1, 0.15) is 39.0 Å². The van der Waals surface area contributed by atoms with Crippen LogP contribution in [0.3, 0.4) is 0 Å². The monoisotopic (exact) mass is 273 g/mol. The van der Waals surface area contributed by atoms with Gasteiger partial charge >= 0.3 is 0 Å². The first kappa shape index (κ1) is 12.8. The van der Waals surface area contributed by atoms with E-state index in [0.29, 0.717) is 0 Å². The molecule has 0 fully saturated rings. The molecule has 15 heavy (non-hydrogen) atoms. The fraction of sp³-hybridized carbons (Fsp3) is 0.667. The van der Waals surface area contributed by atoms with Gasteiger partial charge in [0.15, 0.2) is 0 Å². The highest BCUT2D eigenvalue weighted by Gasteiger charge is 2.26. The second-order valence-corrected chi connectivity index (χ2v) is 5.32. The second kappa shape index (κ2) is 6.33. The highest BCUT2D eigenvalue weighted by atomic mass is 79.9. The number of hydrogen-bond donors (Lipinski definition) is 1. The minimum atomic E-state index is -0.363. The summed E-state index contributed by atoms with van der Waals surface area (Å²) in [5, 5.41) is 0. The van der Waals surface area contributed by atoms with Crippen LogP contribution in [0.15, 0.2) is 23.9 Å². The average molecular weight is 274 g/mol. The summed E-state index contributed by atoms with van der Waals surface area (Å²) in [5.74, 6) is 0. The minimum Gasteiger partial charge on any atom is -0.402 e. The van der Waals surface area contributed by atoms with Gasteiger partial charge in [0.05, 0.1) is 0 Å². The molecular weight excluding hydrogens is 254 g/mol. The van der Waals surface area contributed by atoms with E-state index in [0.717, 1.165) is 25.1 Å². The number of halogens is 1. The fourth-order valence-corrected chi connectivity index (χ4v) is 2.22. The van der Waals surface area contributed by atoms with Crippen LogP contribution < -0.4 is 5.73 Å². The van der Waals surface area contributed by atoms with Crippen molar-refractivity contribution in [1.82, 2.24) is 0 Å². The van der Waals surface area contributed by atoms with E-state index in [1.807, 2.05) is 18.2 Å². The summed E-state index contributed by atoms with van der Waals surface area (Å²) in [5.41, 5.74) is 6.63. The molecule has 2 nitrogen and oxygen atoms in total. The average Bonchev–Trinajstić information content (AvgIpc) is 2.17. The van der Waals surface area contributed by atoms with E-state index in [1.165, 1.54) is 19.3 Å². The maximum Gasteiger partial charge on any atom is 0.146 e. The van der Waals surface area contributed by atoms with Crippen LogP contribution in [0.4, 0.5) is 0 Å². The van der Waals surface area contributed by atoms with Crippen molar-refractivity contribution >= 4 is 15.9 Å². The van der Waals surface area contributed by atoms with E-state index < -0.39 is 0 Å². The number of hydrogen-bond acceptors (Lipinski definition) is 2. The van der Waals surface area contributed by atoms with E-state index in [1.54, 1.807) is 0 Å². The Kier molecular flexibility index (Phi) is 5.40. The Morgan fingerprint density at radius 1 is 1.47 bits per heavy atom. The van der Waals surface area contributed by atoms with Gasteiger partial charge in [-0.2, -0.15) is 0 Å². The van der Waals surface area contributed by atoms with Gasteiger partial charge in [0.1, 0.15) is 4.51 Å². The molecule has 0 bridgehead atoms. The summed E-state index contributed by atoms with van der Waals surface area (Å²) < 4.78 is 5.43. The molecule has 0 aromatic carbocycles. The van der Waals surface area contributed by atoms with Gasteiger partial charge < -0.3 is 10.5 Å². The lowest BCUT2D eigenvalue weighted by molar-refractivity contribution is 0.0612. The molecule has 0 saturated carbocycles. The maximum atomic E-state index is 5.80. The van der Waals surface area contributed by atoms with Gasteiger partial charge in [0, 0.05) is 18.7 Å². The number of alkyl halides is 1. The fourth-order valence-electron chi connectivity index (χ4n) is 1.58. The smallest absolute Gasteiger partial charge is 0.146 e. The number of unbranched alkanes of at least 4 members (excludes halogenated alkanes) is 3. The van der Waals surface area contributed by atoms with Gasteiger partial charge in [-0.15, -0.1) is 0 Å². The van der Waals surface area contributed by atoms with Crippen LogP contribution >= 0.6 is 15.9 Å². The van der Waals surface area contributed by atoms with Crippen molar-refractivity contribution in [3.8, 4) is 0 Å². The molecule has 0 heterocycles. The van der Waals surface area contributed by atoms with E-state index in [4.69, 9.17) is 10.5 Å². The molecule has 2 N–H and O–H groups in total. The summed E-state index contributed by atoms with van der Waals surface area (Å²) in [6.45, 7) is 3.01. The summed E-state index contributed by atoms with van der Waals surface area (Å²) in [7, 11) is 0. The van der Waals surface area contributed by atoms with Gasteiger partial charge in [-0.25, -0.2) is 0 Å². The Morgan fingerprint density at radius 2 is 2.27 bits per heavy atom. The Hall–Kier alpha value is -0.280. The lowest BCUT2D eigenvalue weighted by Gasteiger charge is -2.26. The van der Waals surface area contributed by atoms with Crippen molar-refractivity contribution in [3.63, 3.8) is 0 Å². The third-order valence-corrected chi connectivity index (χ3v) is 3.21. The Bertz CT molecular complexity index is 250. The highest BCUT2D eigenvalue weighted by molar-refractivity contribution is 9.10. The van der Waals surface area contributed by atoms with Crippen molar-refractivity contribution in [1.29, 1.82) is 0 Å². The third kappa shape index (κ3) is 4.85. The molecule has 1 atom stereocenters. The zero-order valence-electron chi connectivity index (χ0n) is 9.34. The Labute approximate surface area is 101 Å². The predicted octanol–water partition coefficient (Wildman–Crippen LogP) is 3.48. The summed E-state index contributed by atoms with van der Waals surface area (Å²) in [6.07, 6.45) is 11.5. The van der Waals surface area contributed by atoms with Crippen LogP contribution in [0.2, 0.25) is 0 Å². The highest BCUT2D eigenvalue weighted by Crippen LogP contribution is 2.31. The number of ether oxygens (including phenoxy) is 1. The molecule has 0 spiro atoms. The Morgan fingerprint density at radius 3 is 2.93 bits per heavy atom. The van der Waals surface area contributed by atoms with Gasteiger partial charge in [-0.1, -0.05) is 32.3 Å². The lowest BCUT2D eigenvalue weighted by atomic mass is 10.1. The van der Waals surface area contributed by atoms with Crippen molar-refractivity contribution in [2.24, 2.45) is 5.73 Å². The molecule has 0 aliphatic heterocycles. The SMILES string of the molecule is CCCCCCOC1(Br)C=CC=C(N)C1. The van der Waals surface area contributed by atoms with Crippen LogP contribution in [0.25, 0.3) is 0 Å². The lowest BCUT2D eigenvalue weighted by Crippen LogP contribution is -2.27. The zero-order chi connectivity index (χ0) is 11.1. The molecule has 1 rings (SSSR count). The molecule has 1 unspecified atom stereocenters. The topological polar surface area (TPSA) is 35.2 Å². The van der Waals surface area contributed by atoms with Gasteiger partial charge in [0.2, 0.25) is 0 Å². The van der Waals surface area contributed by atoms with Crippen molar-refractivity contribution in [3.05, 3.63) is 23.9 Å². The molecule has 1 aliphatic carbocycles. The summed E-state index contributed by atoms with van der Waals surface area (Å²) in [4.78, 5) is 0. The first-order chi connectivity index (χ1) is 7.16. The van der Waals surface area contributed by atoms with Crippen molar-refractivity contribution < 1.29 is 4.74 Å². The zero-order valence-corrected chi connectivity index (χ0v) is 10.9. The number of nitrogens with two attached hydrogens (primary N) is 1. The number of rotatable bonds is 6. The van der Waals surface area contributed by atoms with Gasteiger partial charge in [-0.05, 0) is 34.5 Å². The molecule has 0 aromatic rings. The molecule has 0 radical (unpaired) electrons. The molecular formula is C12H20BrNO. The van der Waals surface area contributed by atoms with Crippen LogP contribution in [-0.2, 0) is 4.74 Å². The van der Waals surface area contributed by atoms with E-state index in [9.17, 15) is 0 Å². The van der Waals surface area contributed by atoms with Crippen molar-refractivity contribution in [2.75, 3.05) is 6.61 Å².